The molecule has 4 heteroatoms. The first-order chi connectivity index (χ1) is 10.1. The minimum absolute atomic E-state index is 0.249. The molecule has 0 aliphatic heterocycles. The van der Waals surface area contributed by atoms with Crippen LogP contribution in [0.5, 0.6) is 0 Å². The van der Waals surface area contributed by atoms with Crippen molar-refractivity contribution in [3.05, 3.63) is 35.9 Å². The van der Waals surface area contributed by atoms with Crippen LogP contribution in [0.2, 0.25) is 0 Å². The Morgan fingerprint density at radius 1 is 0.952 bits per heavy atom. The highest BCUT2D eigenvalue weighted by Gasteiger charge is 2.48. The van der Waals surface area contributed by atoms with Crippen LogP contribution in [0.3, 0.4) is 0 Å². The highest BCUT2D eigenvalue weighted by molar-refractivity contribution is 6.00. The Morgan fingerprint density at radius 2 is 1.48 bits per heavy atom. The average Bonchev–Trinajstić information content (AvgIpc) is 2.48. The van der Waals surface area contributed by atoms with Gasteiger partial charge in [0, 0.05) is 0 Å². The number of ether oxygens (including phenoxy) is 2. The van der Waals surface area contributed by atoms with E-state index < -0.39 is 17.4 Å². The first-order valence-electron chi connectivity index (χ1n) is 7.49. The van der Waals surface area contributed by atoms with Crippen molar-refractivity contribution in [3.63, 3.8) is 0 Å². The summed E-state index contributed by atoms with van der Waals surface area (Å²) in [7, 11) is 0. The van der Waals surface area contributed by atoms with E-state index in [4.69, 9.17) is 9.47 Å². The van der Waals surface area contributed by atoms with E-state index in [1.54, 1.807) is 13.8 Å². The van der Waals surface area contributed by atoms with Gasteiger partial charge in [-0.1, -0.05) is 43.7 Å². The van der Waals surface area contributed by atoms with E-state index in [1.165, 1.54) is 0 Å². The van der Waals surface area contributed by atoms with Crippen LogP contribution in [0, 0.1) is 5.41 Å². The molecule has 0 saturated carbocycles. The Balaban J connectivity index is 3.15. The second-order valence-corrected chi connectivity index (χ2v) is 4.94. The summed E-state index contributed by atoms with van der Waals surface area (Å²) in [6.07, 6.45) is 1.42. The van der Waals surface area contributed by atoms with Crippen molar-refractivity contribution in [2.45, 2.75) is 40.0 Å². The molecule has 0 bridgehead atoms. The third kappa shape index (κ3) is 4.31. The number of esters is 2. The molecule has 0 spiro atoms. The van der Waals surface area contributed by atoms with E-state index in [1.807, 2.05) is 37.3 Å². The molecule has 21 heavy (non-hydrogen) atoms. The summed E-state index contributed by atoms with van der Waals surface area (Å²) in [5.74, 6) is -0.983. The lowest BCUT2D eigenvalue weighted by Gasteiger charge is -2.29. The van der Waals surface area contributed by atoms with Gasteiger partial charge in [-0.15, -0.1) is 0 Å². The topological polar surface area (TPSA) is 52.6 Å². The number of rotatable bonds is 8. The predicted octanol–water partition coefficient (Wildman–Crippen LogP) is 3.14. The quantitative estimate of drug-likeness (QED) is 0.545. The minimum Gasteiger partial charge on any atom is -0.465 e. The molecule has 1 aromatic carbocycles. The molecule has 1 rings (SSSR count). The molecule has 0 atom stereocenters. The fourth-order valence-electron chi connectivity index (χ4n) is 2.43. The van der Waals surface area contributed by atoms with Gasteiger partial charge >= 0.3 is 11.9 Å². The molecule has 116 valence electrons. The maximum Gasteiger partial charge on any atom is 0.323 e. The molecule has 4 nitrogen and oxygen atoms in total. The molecule has 0 amide bonds. The van der Waals surface area contributed by atoms with Crippen LogP contribution in [0.1, 0.15) is 39.2 Å². The van der Waals surface area contributed by atoms with E-state index >= 15 is 0 Å². The lowest BCUT2D eigenvalue weighted by atomic mass is 9.77. The molecule has 0 aromatic heterocycles. The van der Waals surface area contributed by atoms with Gasteiger partial charge in [-0.2, -0.15) is 0 Å². The number of hydrogen-bond donors (Lipinski definition) is 0. The number of carbonyl (C=O) groups excluding carboxylic acids is 2. The Hall–Kier alpha value is -1.84. The van der Waals surface area contributed by atoms with Crippen LogP contribution >= 0.6 is 0 Å². The van der Waals surface area contributed by atoms with Gasteiger partial charge in [-0.05, 0) is 32.3 Å². The monoisotopic (exact) mass is 292 g/mol. The maximum atomic E-state index is 12.5. The zero-order valence-electron chi connectivity index (χ0n) is 13.1. The predicted molar refractivity (Wildman–Crippen MR) is 80.8 cm³/mol. The van der Waals surface area contributed by atoms with Gasteiger partial charge in [0.05, 0.1) is 13.2 Å². The fraction of sp³-hybridized carbons (Fsp3) is 0.529. The van der Waals surface area contributed by atoms with Gasteiger partial charge in [-0.3, -0.25) is 9.59 Å². The van der Waals surface area contributed by atoms with Gasteiger partial charge in [-0.25, -0.2) is 0 Å². The van der Waals surface area contributed by atoms with Crippen molar-refractivity contribution in [2.75, 3.05) is 13.2 Å². The summed E-state index contributed by atoms with van der Waals surface area (Å²) in [5, 5.41) is 0. The summed E-state index contributed by atoms with van der Waals surface area (Å²) in [6, 6.07) is 9.50. The second-order valence-electron chi connectivity index (χ2n) is 4.94. The first-order valence-corrected chi connectivity index (χ1v) is 7.49. The van der Waals surface area contributed by atoms with Crippen LogP contribution in [-0.2, 0) is 25.5 Å². The average molecular weight is 292 g/mol. The molecule has 0 saturated heterocycles. The van der Waals surface area contributed by atoms with Crippen LogP contribution in [0.15, 0.2) is 30.3 Å². The molecule has 0 N–H and O–H groups in total. The van der Waals surface area contributed by atoms with E-state index in [2.05, 4.69) is 0 Å². The Bertz CT molecular complexity index is 435. The highest BCUT2D eigenvalue weighted by Crippen LogP contribution is 2.32. The molecule has 0 unspecified atom stereocenters. The second kappa shape index (κ2) is 8.45. The zero-order chi connectivity index (χ0) is 15.7. The van der Waals surface area contributed by atoms with Crippen molar-refractivity contribution >= 4 is 11.9 Å². The first kappa shape index (κ1) is 17.2. The zero-order valence-corrected chi connectivity index (χ0v) is 13.1. The summed E-state index contributed by atoms with van der Waals surface area (Å²) in [5.41, 5.74) is -0.325. The smallest absolute Gasteiger partial charge is 0.323 e. The molecule has 1 aromatic rings. The van der Waals surface area contributed by atoms with Crippen molar-refractivity contribution < 1.29 is 19.1 Å². The molecular formula is C17H24O4. The summed E-state index contributed by atoms with van der Waals surface area (Å²) >= 11 is 0. The molecular weight excluding hydrogens is 268 g/mol. The van der Waals surface area contributed by atoms with Gasteiger partial charge in [0.15, 0.2) is 5.41 Å². The fourth-order valence-corrected chi connectivity index (χ4v) is 2.43. The van der Waals surface area contributed by atoms with Gasteiger partial charge in [0.2, 0.25) is 0 Å². The summed E-state index contributed by atoms with van der Waals surface area (Å²) < 4.78 is 10.3. The minimum atomic E-state index is -1.25. The lowest BCUT2D eigenvalue weighted by molar-refractivity contribution is -0.172. The SMILES string of the molecule is CCCC(Cc1ccccc1)(C(=O)OCC)C(=O)OCC. The van der Waals surface area contributed by atoms with E-state index in [0.29, 0.717) is 19.3 Å². The lowest BCUT2D eigenvalue weighted by Crippen LogP contribution is -2.44. The molecule has 0 aliphatic rings. The number of hydrogen-bond acceptors (Lipinski definition) is 4. The van der Waals surface area contributed by atoms with Crippen molar-refractivity contribution in [3.8, 4) is 0 Å². The molecule has 0 radical (unpaired) electrons. The van der Waals surface area contributed by atoms with Crippen LogP contribution < -0.4 is 0 Å². The molecule has 0 fully saturated rings. The third-order valence-corrected chi connectivity index (χ3v) is 3.36. The van der Waals surface area contributed by atoms with Gasteiger partial charge in [0.1, 0.15) is 0 Å². The van der Waals surface area contributed by atoms with Crippen LogP contribution in [0.4, 0.5) is 0 Å². The summed E-state index contributed by atoms with van der Waals surface area (Å²) in [4.78, 5) is 24.9. The largest absolute Gasteiger partial charge is 0.465 e. The number of carbonyl (C=O) groups is 2. The Morgan fingerprint density at radius 3 is 1.90 bits per heavy atom. The van der Waals surface area contributed by atoms with Crippen molar-refractivity contribution in [1.82, 2.24) is 0 Å². The van der Waals surface area contributed by atoms with Gasteiger partial charge < -0.3 is 9.47 Å². The van der Waals surface area contributed by atoms with Gasteiger partial charge in [0.25, 0.3) is 0 Å². The highest BCUT2D eigenvalue weighted by atomic mass is 16.6. The van der Waals surface area contributed by atoms with E-state index in [-0.39, 0.29) is 13.2 Å². The van der Waals surface area contributed by atoms with Crippen LogP contribution in [0.25, 0.3) is 0 Å². The standard InChI is InChI=1S/C17H24O4/c1-4-12-17(15(18)20-5-2,16(19)21-6-3)13-14-10-8-7-9-11-14/h7-11H,4-6,12-13H2,1-3H3. The van der Waals surface area contributed by atoms with E-state index in [0.717, 1.165) is 5.56 Å². The maximum absolute atomic E-state index is 12.5. The summed E-state index contributed by atoms with van der Waals surface area (Å²) in [6.45, 7) is 5.92. The van der Waals surface area contributed by atoms with Crippen molar-refractivity contribution in [1.29, 1.82) is 0 Å². The third-order valence-electron chi connectivity index (χ3n) is 3.36. The Kier molecular flexibility index (Phi) is 6.92. The molecule has 0 aliphatic carbocycles. The van der Waals surface area contributed by atoms with Crippen LogP contribution in [-0.4, -0.2) is 25.2 Å². The van der Waals surface area contributed by atoms with E-state index in [9.17, 15) is 9.59 Å². The Labute approximate surface area is 126 Å². The van der Waals surface area contributed by atoms with Crippen molar-refractivity contribution in [2.24, 2.45) is 5.41 Å². The number of benzene rings is 1. The molecule has 0 heterocycles. The normalized spacial score (nSPS) is 11.0.